The van der Waals surface area contributed by atoms with E-state index >= 15 is 0 Å². The highest BCUT2D eigenvalue weighted by atomic mass is 16.5. The molecule has 2 N–H and O–H groups in total. The third-order valence-electron chi connectivity index (χ3n) is 3.14. The molecule has 1 aromatic carbocycles. The normalized spacial score (nSPS) is 16.9. The molecular weight excluding hydrogens is 186 g/mol. The average molecular weight is 205 g/mol. The van der Waals surface area contributed by atoms with Gasteiger partial charge in [0.2, 0.25) is 0 Å². The summed E-state index contributed by atoms with van der Waals surface area (Å²) in [5, 5.41) is 0. The minimum Gasteiger partial charge on any atom is -0.490 e. The van der Waals surface area contributed by atoms with Crippen molar-refractivity contribution in [3.8, 4) is 5.75 Å². The summed E-state index contributed by atoms with van der Waals surface area (Å²) < 4.78 is 5.91. The fraction of sp³-hybridized carbons (Fsp3) is 0.538. The van der Waals surface area contributed by atoms with Gasteiger partial charge in [-0.3, -0.25) is 0 Å². The van der Waals surface area contributed by atoms with Gasteiger partial charge in [0, 0.05) is 6.54 Å². The third kappa shape index (κ3) is 2.51. The Balaban J connectivity index is 2.05. The van der Waals surface area contributed by atoms with Gasteiger partial charge in [-0.1, -0.05) is 6.07 Å². The molecule has 15 heavy (non-hydrogen) atoms. The molecule has 0 spiro atoms. The van der Waals surface area contributed by atoms with Gasteiger partial charge in [0.15, 0.2) is 0 Å². The highest BCUT2D eigenvalue weighted by molar-refractivity contribution is 5.34. The van der Waals surface area contributed by atoms with Gasteiger partial charge in [-0.05, 0) is 55.9 Å². The Labute approximate surface area is 91.4 Å². The largest absolute Gasteiger partial charge is 0.490 e. The van der Waals surface area contributed by atoms with Crippen LogP contribution in [0.5, 0.6) is 5.75 Å². The molecular formula is C13H19NO. The molecule has 0 unspecified atom stereocenters. The van der Waals surface area contributed by atoms with Gasteiger partial charge < -0.3 is 10.5 Å². The molecule has 0 radical (unpaired) electrons. The van der Waals surface area contributed by atoms with Crippen LogP contribution in [0.2, 0.25) is 0 Å². The maximum Gasteiger partial charge on any atom is 0.120 e. The van der Waals surface area contributed by atoms with Crippen molar-refractivity contribution in [3.63, 3.8) is 0 Å². The van der Waals surface area contributed by atoms with E-state index in [1.165, 1.54) is 36.8 Å². The van der Waals surface area contributed by atoms with Gasteiger partial charge in [0.25, 0.3) is 0 Å². The van der Waals surface area contributed by atoms with Gasteiger partial charge in [0.05, 0.1) is 6.10 Å². The highest BCUT2D eigenvalue weighted by Crippen LogP contribution is 2.25. The third-order valence-corrected chi connectivity index (χ3v) is 3.14. The Hall–Kier alpha value is -1.02. The van der Waals surface area contributed by atoms with E-state index in [1.807, 2.05) is 6.07 Å². The molecule has 2 heteroatoms. The lowest BCUT2D eigenvalue weighted by Crippen LogP contribution is -2.11. The van der Waals surface area contributed by atoms with Crippen molar-refractivity contribution in [1.82, 2.24) is 0 Å². The SMILES string of the molecule is Cc1cc(OC2CCCC2)ccc1CN. The van der Waals surface area contributed by atoms with Gasteiger partial charge in [-0.2, -0.15) is 0 Å². The second-order valence-electron chi connectivity index (χ2n) is 4.32. The van der Waals surface area contributed by atoms with Crippen molar-refractivity contribution in [1.29, 1.82) is 0 Å². The van der Waals surface area contributed by atoms with Gasteiger partial charge in [-0.15, -0.1) is 0 Å². The van der Waals surface area contributed by atoms with E-state index in [-0.39, 0.29) is 0 Å². The molecule has 0 bridgehead atoms. The lowest BCUT2D eigenvalue weighted by atomic mass is 10.1. The van der Waals surface area contributed by atoms with Crippen molar-refractivity contribution in [2.24, 2.45) is 5.73 Å². The number of hydrogen-bond acceptors (Lipinski definition) is 2. The van der Waals surface area contributed by atoms with Crippen LogP contribution < -0.4 is 10.5 Å². The fourth-order valence-corrected chi connectivity index (χ4v) is 2.17. The lowest BCUT2D eigenvalue weighted by molar-refractivity contribution is 0.210. The van der Waals surface area contributed by atoms with E-state index in [0.29, 0.717) is 12.6 Å². The molecule has 82 valence electrons. The smallest absolute Gasteiger partial charge is 0.120 e. The monoisotopic (exact) mass is 205 g/mol. The molecule has 1 aromatic rings. The highest BCUT2D eigenvalue weighted by Gasteiger charge is 2.16. The Morgan fingerprint density at radius 1 is 1.33 bits per heavy atom. The predicted molar refractivity (Wildman–Crippen MR) is 62.0 cm³/mol. The van der Waals surface area contributed by atoms with E-state index in [0.717, 1.165) is 5.75 Å². The summed E-state index contributed by atoms with van der Waals surface area (Å²) in [4.78, 5) is 0. The summed E-state index contributed by atoms with van der Waals surface area (Å²) in [5.41, 5.74) is 8.06. The molecule has 0 atom stereocenters. The topological polar surface area (TPSA) is 35.2 Å². The molecule has 0 aliphatic heterocycles. The van der Waals surface area contributed by atoms with Crippen molar-refractivity contribution in [2.45, 2.75) is 45.3 Å². The predicted octanol–water partition coefficient (Wildman–Crippen LogP) is 2.78. The Kier molecular flexibility index (Phi) is 3.27. The van der Waals surface area contributed by atoms with Crippen molar-refractivity contribution >= 4 is 0 Å². The first-order valence-corrected chi connectivity index (χ1v) is 5.76. The summed E-state index contributed by atoms with van der Waals surface area (Å²) in [5.74, 6) is 0.997. The molecule has 0 saturated heterocycles. The summed E-state index contributed by atoms with van der Waals surface area (Å²) >= 11 is 0. The number of rotatable bonds is 3. The quantitative estimate of drug-likeness (QED) is 0.823. The van der Waals surface area contributed by atoms with Crippen LogP contribution in [-0.2, 0) is 6.54 Å². The minimum absolute atomic E-state index is 0.438. The maximum atomic E-state index is 5.91. The first kappa shape index (κ1) is 10.5. The van der Waals surface area contributed by atoms with Gasteiger partial charge in [0.1, 0.15) is 5.75 Å². The number of ether oxygens (including phenoxy) is 1. The molecule has 0 aromatic heterocycles. The second kappa shape index (κ2) is 4.67. The number of nitrogens with two attached hydrogens (primary N) is 1. The Bertz CT molecular complexity index is 329. The molecule has 2 nitrogen and oxygen atoms in total. The van der Waals surface area contributed by atoms with E-state index in [9.17, 15) is 0 Å². The first-order valence-electron chi connectivity index (χ1n) is 5.76. The Morgan fingerprint density at radius 3 is 2.67 bits per heavy atom. The number of hydrogen-bond donors (Lipinski definition) is 1. The molecule has 2 rings (SSSR count). The second-order valence-corrected chi connectivity index (χ2v) is 4.32. The minimum atomic E-state index is 0.438. The Morgan fingerprint density at radius 2 is 2.07 bits per heavy atom. The number of aryl methyl sites for hydroxylation is 1. The average Bonchev–Trinajstić information content (AvgIpc) is 2.71. The van der Waals surface area contributed by atoms with Crippen LogP contribution in [0.15, 0.2) is 18.2 Å². The molecule has 0 amide bonds. The van der Waals surface area contributed by atoms with Crippen LogP contribution in [0.1, 0.15) is 36.8 Å². The first-order chi connectivity index (χ1) is 7.29. The standard InChI is InChI=1S/C13H19NO/c1-10-8-13(7-6-11(10)9-14)15-12-4-2-3-5-12/h6-8,12H,2-5,9,14H2,1H3. The van der Waals surface area contributed by atoms with Crippen LogP contribution in [-0.4, -0.2) is 6.10 Å². The van der Waals surface area contributed by atoms with Crippen LogP contribution in [0.4, 0.5) is 0 Å². The van der Waals surface area contributed by atoms with E-state index < -0.39 is 0 Å². The molecule has 0 heterocycles. The molecule has 1 saturated carbocycles. The van der Waals surface area contributed by atoms with E-state index in [1.54, 1.807) is 0 Å². The van der Waals surface area contributed by atoms with Crippen LogP contribution in [0, 0.1) is 6.92 Å². The van der Waals surface area contributed by atoms with Gasteiger partial charge >= 0.3 is 0 Å². The van der Waals surface area contributed by atoms with Crippen molar-refractivity contribution < 1.29 is 4.74 Å². The molecule has 1 aliphatic rings. The zero-order valence-corrected chi connectivity index (χ0v) is 9.33. The van der Waals surface area contributed by atoms with Crippen LogP contribution in [0.25, 0.3) is 0 Å². The lowest BCUT2D eigenvalue weighted by Gasteiger charge is -2.14. The van der Waals surface area contributed by atoms with Crippen LogP contribution in [0.3, 0.4) is 0 Å². The summed E-state index contributed by atoms with van der Waals surface area (Å²) in [6.45, 7) is 2.69. The van der Waals surface area contributed by atoms with Gasteiger partial charge in [-0.25, -0.2) is 0 Å². The van der Waals surface area contributed by atoms with Crippen molar-refractivity contribution in [3.05, 3.63) is 29.3 Å². The zero-order chi connectivity index (χ0) is 10.7. The molecule has 1 fully saturated rings. The summed E-state index contributed by atoms with van der Waals surface area (Å²) in [6, 6.07) is 6.20. The number of benzene rings is 1. The fourth-order valence-electron chi connectivity index (χ4n) is 2.17. The summed E-state index contributed by atoms with van der Waals surface area (Å²) in [7, 11) is 0. The van der Waals surface area contributed by atoms with Crippen molar-refractivity contribution in [2.75, 3.05) is 0 Å². The van der Waals surface area contributed by atoms with E-state index in [2.05, 4.69) is 19.1 Å². The van der Waals surface area contributed by atoms with Crippen LogP contribution >= 0.6 is 0 Å². The zero-order valence-electron chi connectivity index (χ0n) is 9.33. The van der Waals surface area contributed by atoms with E-state index in [4.69, 9.17) is 10.5 Å². The summed E-state index contributed by atoms with van der Waals surface area (Å²) in [6.07, 6.45) is 5.47. The maximum absolute atomic E-state index is 5.91. The molecule has 1 aliphatic carbocycles.